The van der Waals surface area contributed by atoms with Gasteiger partial charge in [-0.25, -0.2) is 4.79 Å². The molecular weight excluding hydrogens is 268 g/mol. The molecule has 0 spiro atoms. The molecule has 2 aromatic rings. The Morgan fingerprint density at radius 3 is 2.57 bits per heavy atom. The van der Waals surface area contributed by atoms with Gasteiger partial charge >= 0.3 is 5.97 Å². The summed E-state index contributed by atoms with van der Waals surface area (Å²) in [5.74, 6) is -0.426. The number of carboxylic acids is 1. The molecule has 21 heavy (non-hydrogen) atoms. The third kappa shape index (κ3) is 2.43. The zero-order chi connectivity index (χ0) is 14.8. The van der Waals surface area contributed by atoms with Crippen LogP contribution in [0.4, 0.5) is 0 Å². The van der Waals surface area contributed by atoms with E-state index >= 15 is 0 Å². The number of rotatable bonds is 3. The third-order valence-electron chi connectivity index (χ3n) is 3.37. The van der Waals surface area contributed by atoms with E-state index in [2.05, 4.69) is 0 Å². The summed E-state index contributed by atoms with van der Waals surface area (Å²) in [4.78, 5) is 22.4. The summed E-state index contributed by atoms with van der Waals surface area (Å²) in [6.07, 6.45) is 2.49. The lowest BCUT2D eigenvalue weighted by atomic mass is 9.93. The van der Waals surface area contributed by atoms with E-state index in [-0.39, 0.29) is 5.56 Å². The molecule has 1 unspecified atom stereocenters. The molecule has 2 aromatic carbocycles. The highest BCUT2D eigenvalue weighted by molar-refractivity contribution is 5.89. The van der Waals surface area contributed by atoms with E-state index in [9.17, 15) is 9.59 Å². The number of carboxylic acid groups (broad SMARTS) is 1. The molecule has 1 aliphatic rings. The minimum absolute atomic E-state index is 0.140. The second-order valence-corrected chi connectivity index (χ2v) is 4.72. The SMILES string of the molecule is O=CC1C=C(c2ccccc2)Oc2ccc(C(=O)O)cc21. The molecule has 0 aromatic heterocycles. The van der Waals surface area contributed by atoms with E-state index in [4.69, 9.17) is 9.84 Å². The van der Waals surface area contributed by atoms with Crippen LogP contribution in [0.15, 0.2) is 54.6 Å². The summed E-state index contributed by atoms with van der Waals surface area (Å²) in [5.41, 5.74) is 1.59. The fourth-order valence-electron chi connectivity index (χ4n) is 2.31. The zero-order valence-corrected chi connectivity index (χ0v) is 11.0. The minimum Gasteiger partial charge on any atom is -0.478 e. The molecule has 0 fully saturated rings. The maximum Gasteiger partial charge on any atom is 0.335 e. The monoisotopic (exact) mass is 280 g/mol. The first-order valence-corrected chi connectivity index (χ1v) is 6.46. The number of carbonyl (C=O) groups excluding carboxylic acids is 1. The van der Waals surface area contributed by atoms with E-state index in [1.165, 1.54) is 12.1 Å². The van der Waals surface area contributed by atoms with Crippen LogP contribution in [0.3, 0.4) is 0 Å². The Morgan fingerprint density at radius 1 is 1.14 bits per heavy atom. The fraction of sp³-hybridized carbons (Fsp3) is 0.0588. The lowest BCUT2D eigenvalue weighted by molar-refractivity contribution is -0.108. The molecule has 0 radical (unpaired) electrons. The number of allylic oxidation sites excluding steroid dienone is 1. The van der Waals surface area contributed by atoms with Gasteiger partial charge in [-0.05, 0) is 24.3 Å². The first kappa shape index (κ1) is 13.1. The Kier molecular flexibility index (Phi) is 3.28. The molecule has 0 saturated carbocycles. The second-order valence-electron chi connectivity index (χ2n) is 4.72. The summed E-state index contributed by atoms with van der Waals surface area (Å²) < 4.78 is 5.79. The van der Waals surface area contributed by atoms with Crippen LogP contribution in [-0.2, 0) is 4.79 Å². The number of carbonyl (C=O) groups is 2. The van der Waals surface area contributed by atoms with Crippen molar-refractivity contribution in [2.75, 3.05) is 0 Å². The van der Waals surface area contributed by atoms with E-state index in [0.717, 1.165) is 11.8 Å². The predicted octanol–water partition coefficient (Wildman–Crippen LogP) is 3.10. The third-order valence-corrected chi connectivity index (χ3v) is 3.37. The van der Waals surface area contributed by atoms with Gasteiger partial charge in [0.2, 0.25) is 0 Å². The van der Waals surface area contributed by atoms with E-state index in [1.807, 2.05) is 30.3 Å². The molecular formula is C17H12O4. The number of hydrogen-bond acceptors (Lipinski definition) is 3. The number of hydrogen-bond donors (Lipinski definition) is 1. The molecule has 0 saturated heterocycles. The van der Waals surface area contributed by atoms with E-state index in [1.54, 1.807) is 12.1 Å². The van der Waals surface area contributed by atoms with Gasteiger partial charge in [0.1, 0.15) is 17.8 Å². The molecule has 1 aliphatic heterocycles. The Morgan fingerprint density at radius 2 is 1.90 bits per heavy atom. The summed E-state index contributed by atoms with van der Waals surface area (Å²) in [7, 11) is 0. The average Bonchev–Trinajstić information content (AvgIpc) is 2.54. The van der Waals surface area contributed by atoms with Crippen LogP contribution in [-0.4, -0.2) is 17.4 Å². The molecule has 4 nitrogen and oxygen atoms in total. The van der Waals surface area contributed by atoms with Gasteiger partial charge in [0.15, 0.2) is 0 Å². The first-order chi connectivity index (χ1) is 10.2. The first-order valence-electron chi connectivity index (χ1n) is 6.46. The van der Waals surface area contributed by atoms with Crippen LogP contribution in [0.5, 0.6) is 5.75 Å². The van der Waals surface area contributed by atoms with Gasteiger partial charge in [-0.2, -0.15) is 0 Å². The average molecular weight is 280 g/mol. The van der Waals surface area contributed by atoms with Crippen LogP contribution >= 0.6 is 0 Å². The largest absolute Gasteiger partial charge is 0.478 e. The quantitative estimate of drug-likeness (QED) is 0.877. The number of benzene rings is 2. The molecule has 1 N–H and O–H groups in total. The Hall–Kier alpha value is -2.88. The summed E-state index contributed by atoms with van der Waals surface area (Å²) in [5, 5.41) is 9.03. The molecule has 0 bridgehead atoms. The van der Waals surface area contributed by atoms with Crippen molar-refractivity contribution in [2.45, 2.75) is 5.92 Å². The van der Waals surface area contributed by atoms with Crippen LogP contribution in [0.1, 0.15) is 27.4 Å². The van der Waals surface area contributed by atoms with Crippen LogP contribution in [0.2, 0.25) is 0 Å². The van der Waals surface area contributed by atoms with Crippen LogP contribution < -0.4 is 4.74 Å². The lowest BCUT2D eigenvalue weighted by Crippen LogP contribution is -2.11. The van der Waals surface area contributed by atoms with Crippen molar-refractivity contribution in [3.63, 3.8) is 0 Å². The minimum atomic E-state index is -1.03. The van der Waals surface area contributed by atoms with Gasteiger partial charge in [0, 0.05) is 11.1 Å². The topological polar surface area (TPSA) is 63.6 Å². The predicted molar refractivity (Wildman–Crippen MR) is 77.3 cm³/mol. The van der Waals surface area contributed by atoms with Crippen molar-refractivity contribution in [1.29, 1.82) is 0 Å². The van der Waals surface area contributed by atoms with Gasteiger partial charge < -0.3 is 14.6 Å². The lowest BCUT2D eigenvalue weighted by Gasteiger charge is -2.22. The number of fused-ring (bicyclic) bond motifs is 1. The maximum absolute atomic E-state index is 11.3. The van der Waals surface area contributed by atoms with Gasteiger partial charge in [-0.3, -0.25) is 0 Å². The Balaban J connectivity index is 2.05. The number of aromatic carboxylic acids is 1. The normalized spacial score (nSPS) is 16.4. The number of aldehydes is 1. The van der Waals surface area contributed by atoms with Gasteiger partial charge in [0.05, 0.1) is 11.5 Å². The smallest absolute Gasteiger partial charge is 0.335 e. The maximum atomic E-state index is 11.3. The Labute approximate surface area is 121 Å². The zero-order valence-electron chi connectivity index (χ0n) is 11.0. The highest BCUT2D eigenvalue weighted by Gasteiger charge is 2.23. The van der Waals surface area contributed by atoms with Crippen molar-refractivity contribution >= 4 is 18.0 Å². The molecule has 4 heteroatoms. The molecule has 3 rings (SSSR count). The highest BCUT2D eigenvalue weighted by Crippen LogP contribution is 2.37. The highest BCUT2D eigenvalue weighted by atomic mass is 16.5. The van der Waals surface area contributed by atoms with E-state index in [0.29, 0.717) is 17.1 Å². The fourth-order valence-corrected chi connectivity index (χ4v) is 2.31. The van der Waals surface area contributed by atoms with Gasteiger partial charge in [0.25, 0.3) is 0 Å². The summed E-state index contributed by atoms with van der Waals surface area (Å²) in [6.45, 7) is 0. The molecule has 1 atom stereocenters. The second kappa shape index (κ2) is 5.25. The van der Waals surface area contributed by atoms with Crippen molar-refractivity contribution in [3.05, 3.63) is 71.3 Å². The van der Waals surface area contributed by atoms with Crippen LogP contribution in [0, 0.1) is 0 Å². The molecule has 0 amide bonds. The van der Waals surface area contributed by atoms with Crippen molar-refractivity contribution in [1.82, 2.24) is 0 Å². The van der Waals surface area contributed by atoms with Crippen molar-refractivity contribution in [3.8, 4) is 5.75 Å². The molecule has 104 valence electrons. The molecule has 0 aliphatic carbocycles. The van der Waals surface area contributed by atoms with Gasteiger partial charge in [-0.1, -0.05) is 30.3 Å². The van der Waals surface area contributed by atoms with Crippen LogP contribution in [0.25, 0.3) is 5.76 Å². The van der Waals surface area contributed by atoms with Crippen molar-refractivity contribution in [2.24, 2.45) is 0 Å². The van der Waals surface area contributed by atoms with E-state index < -0.39 is 11.9 Å². The van der Waals surface area contributed by atoms with Crippen molar-refractivity contribution < 1.29 is 19.4 Å². The Bertz CT molecular complexity index is 732. The summed E-state index contributed by atoms with van der Waals surface area (Å²) in [6, 6.07) is 14.0. The summed E-state index contributed by atoms with van der Waals surface area (Å²) >= 11 is 0. The molecule has 1 heterocycles. The number of ether oxygens (including phenoxy) is 1. The van der Waals surface area contributed by atoms with Gasteiger partial charge in [-0.15, -0.1) is 0 Å². The standard InChI is InChI=1S/C17H12O4/c18-10-13-9-16(11-4-2-1-3-5-11)21-15-7-6-12(17(19)20)8-14(13)15/h1-10,13H,(H,19,20).